The lowest BCUT2D eigenvalue weighted by Gasteiger charge is -2.56. The molecule has 7 heteroatoms. The van der Waals surface area contributed by atoms with Gasteiger partial charge in [-0.05, 0) is 59.9 Å². The minimum atomic E-state index is -0.183. The first-order valence-electron chi connectivity index (χ1n) is 11.9. The average Bonchev–Trinajstić information content (AvgIpc) is 3.52. The van der Waals surface area contributed by atoms with Crippen molar-refractivity contribution in [2.24, 2.45) is 5.41 Å². The normalized spacial score (nSPS) is 21.6. The van der Waals surface area contributed by atoms with Crippen LogP contribution in [0.3, 0.4) is 0 Å². The fraction of sp³-hybridized carbons (Fsp3) is 0.423. The van der Waals surface area contributed by atoms with E-state index < -0.39 is 0 Å². The van der Waals surface area contributed by atoms with Crippen LogP contribution in [0.5, 0.6) is 0 Å². The third-order valence-corrected chi connectivity index (χ3v) is 7.63. The summed E-state index contributed by atoms with van der Waals surface area (Å²) in [7, 11) is 0. The van der Waals surface area contributed by atoms with Crippen LogP contribution in [0.1, 0.15) is 42.0 Å². The molecule has 33 heavy (non-hydrogen) atoms. The molecule has 1 aromatic heterocycles. The van der Waals surface area contributed by atoms with Crippen LogP contribution in [0.4, 0.5) is 4.79 Å². The van der Waals surface area contributed by atoms with Gasteiger partial charge in [-0.15, -0.1) is 0 Å². The standard InChI is InChI=1S/C26H29N5O2/c32-25(33-17-20-4-2-1-3-5-20)29-14-10-26(11-15-29)18-30(19-26)24-9-6-21-16-22(7-8-23(21)24)31-27-12-13-28-31/h1-5,7-8,12-13,16,24H,6,9-11,14-15,17-19H2. The van der Waals surface area contributed by atoms with Crippen molar-refractivity contribution in [2.45, 2.75) is 38.3 Å². The molecule has 2 aromatic carbocycles. The van der Waals surface area contributed by atoms with E-state index in [2.05, 4.69) is 33.3 Å². The van der Waals surface area contributed by atoms with Crippen molar-refractivity contribution in [1.29, 1.82) is 0 Å². The molecular formula is C26H29N5O2. The lowest BCUT2D eigenvalue weighted by molar-refractivity contribution is -0.0681. The van der Waals surface area contributed by atoms with Gasteiger partial charge in [0.05, 0.1) is 18.1 Å². The monoisotopic (exact) mass is 443 g/mol. The van der Waals surface area contributed by atoms with Gasteiger partial charge in [-0.25, -0.2) is 4.79 Å². The smallest absolute Gasteiger partial charge is 0.410 e. The number of ether oxygens (including phenoxy) is 1. The number of hydrogen-bond donors (Lipinski definition) is 0. The van der Waals surface area contributed by atoms with Crippen LogP contribution < -0.4 is 0 Å². The van der Waals surface area contributed by atoms with E-state index >= 15 is 0 Å². The quantitative estimate of drug-likeness (QED) is 0.610. The number of benzene rings is 2. The van der Waals surface area contributed by atoms with E-state index in [9.17, 15) is 4.79 Å². The summed E-state index contributed by atoms with van der Waals surface area (Å²) < 4.78 is 5.53. The van der Waals surface area contributed by atoms with E-state index in [1.165, 1.54) is 17.5 Å². The highest BCUT2D eigenvalue weighted by atomic mass is 16.6. The maximum absolute atomic E-state index is 12.5. The summed E-state index contributed by atoms with van der Waals surface area (Å²) in [5.41, 5.74) is 5.30. The molecule has 7 nitrogen and oxygen atoms in total. The van der Waals surface area contributed by atoms with Crippen LogP contribution in [0.25, 0.3) is 5.69 Å². The summed E-state index contributed by atoms with van der Waals surface area (Å²) in [4.78, 5) is 18.7. The number of carbonyl (C=O) groups excluding carboxylic acids is 1. The average molecular weight is 444 g/mol. The molecule has 1 spiro atoms. The summed E-state index contributed by atoms with van der Waals surface area (Å²) in [6.07, 6.45) is 7.66. The first-order chi connectivity index (χ1) is 16.2. The summed E-state index contributed by atoms with van der Waals surface area (Å²) in [6.45, 7) is 4.19. The van der Waals surface area contributed by atoms with E-state index in [0.29, 0.717) is 18.1 Å². The Morgan fingerprint density at radius 1 is 1.03 bits per heavy atom. The number of rotatable bonds is 4. The molecule has 0 N–H and O–H groups in total. The summed E-state index contributed by atoms with van der Waals surface area (Å²) in [5, 5.41) is 8.51. The van der Waals surface area contributed by atoms with Crippen molar-refractivity contribution >= 4 is 6.09 Å². The van der Waals surface area contributed by atoms with Crippen LogP contribution in [0, 0.1) is 5.41 Å². The molecule has 1 aliphatic carbocycles. The Hall–Kier alpha value is -3.19. The first kappa shape index (κ1) is 20.4. The number of nitrogens with zero attached hydrogens (tertiary/aromatic N) is 5. The van der Waals surface area contributed by atoms with Gasteiger partial charge in [-0.3, -0.25) is 4.90 Å². The Labute approximate surface area is 193 Å². The SMILES string of the molecule is O=C(OCc1ccccc1)N1CCC2(CC1)CN(C1CCc3cc(-n4nccn4)ccc31)C2. The molecule has 170 valence electrons. The zero-order chi connectivity index (χ0) is 22.3. The van der Waals surface area contributed by atoms with Crippen LogP contribution in [0.2, 0.25) is 0 Å². The Morgan fingerprint density at radius 2 is 1.79 bits per heavy atom. The van der Waals surface area contributed by atoms with Crippen LogP contribution in [0.15, 0.2) is 60.9 Å². The molecule has 2 aliphatic heterocycles. The van der Waals surface area contributed by atoms with Gasteiger partial charge in [0.2, 0.25) is 0 Å². The molecule has 3 aliphatic rings. The van der Waals surface area contributed by atoms with Crippen molar-refractivity contribution < 1.29 is 9.53 Å². The fourth-order valence-electron chi connectivity index (χ4n) is 5.76. The maximum atomic E-state index is 12.5. The number of amides is 1. The highest BCUT2D eigenvalue weighted by Gasteiger charge is 2.48. The Kier molecular flexibility index (Phi) is 5.14. The molecular weight excluding hydrogens is 414 g/mol. The second kappa shape index (κ2) is 8.30. The highest BCUT2D eigenvalue weighted by Crippen LogP contribution is 2.47. The van der Waals surface area contributed by atoms with Crippen molar-refractivity contribution in [1.82, 2.24) is 24.8 Å². The first-order valence-corrected chi connectivity index (χ1v) is 11.9. The number of likely N-dealkylation sites (tertiary alicyclic amines) is 2. The highest BCUT2D eigenvalue weighted by molar-refractivity contribution is 5.67. The van der Waals surface area contributed by atoms with E-state index in [0.717, 1.165) is 56.7 Å². The van der Waals surface area contributed by atoms with Crippen molar-refractivity contribution in [2.75, 3.05) is 26.2 Å². The Bertz CT molecular complexity index is 1110. The topological polar surface area (TPSA) is 63.5 Å². The third-order valence-electron chi connectivity index (χ3n) is 7.63. The van der Waals surface area contributed by atoms with Gasteiger partial charge in [0.25, 0.3) is 0 Å². The van der Waals surface area contributed by atoms with E-state index in [1.807, 2.05) is 35.2 Å². The van der Waals surface area contributed by atoms with Gasteiger partial charge in [-0.1, -0.05) is 36.4 Å². The zero-order valence-corrected chi connectivity index (χ0v) is 18.8. The van der Waals surface area contributed by atoms with Crippen LogP contribution >= 0.6 is 0 Å². The predicted molar refractivity (Wildman–Crippen MR) is 124 cm³/mol. The molecule has 0 bridgehead atoms. The number of aryl methyl sites for hydroxylation is 1. The van der Waals surface area contributed by atoms with Gasteiger partial charge >= 0.3 is 6.09 Å². The van der Waals surface area contributed by atoms with Gasteiger partial charge in [0, 0.05) is 32.2 Å². The number of fused-ring (bicyclic) bond motifs is 1. The third kappa shape index (κ3) is 3.91. The number of piperidine rings is 1. The summed E-state index contributed by atoms with van der Waals surface area (Å²) >= 11 is 0. The summed E-state index contributed by atoms with van der Waals surface area (Å²) in [5.74, 6) is 0. The second-order valence-corrected chi connectivity index (χ2v) is 9.69. The molecule has 2 saturated heterocycles. The van der Waals surface area contributed by atoms with Crippen molar-refractivity contribution in [3.63, 3.8) is 0 Å². The van der Waals surface area contributed by atoms with E-state index in [-0.39, 0.29) is 6.09 Å². The molecule has 6 rings (SSSR count). The minimum Gasteiger partial charge on any atom is -0.445 e. The molecule has 1 amide bonds. The second-order valence-electron chi connectivity index (χ2n) is 9.69. The van der Waals surface area contributed by atoms with Gasteiger partial charge < -0.3 is 9.64 Å². The van der Waals surface area contributed by atoms with Crippen molar-refractivity contribution in [3.8, 4) is 5.69 Å². The number of hydrogen-bond acceptors (Lipinski definition) is 5. The lowest BCUT2D eigenvalue weighted by Crippen LogP contribution is -2.61. The van der Waals surface area contributed by atoms with Gasteiger partial charge in [0.15, 0.2) is 0 Å². The molecule has 1 atom stereocenters. The van der Waals surface area contributed by atoms with Crippen LogP contribution in [-0.4, -0.2) is 57.1 Å². The Balaban J connectivity index is 1.02. The molecule has 0 radical (unpaired) electrons. The fourth-order valence-corrected chi connectivity index (χ4v) is 5.76. The molecule has 3 aromatic rings. The summed E-state index contributed by atoms with van der Waals surface area (Å²) in [6, 6.07) is 17.0. The van der Waals surface area contributed by atoms with E-state index in [4.69, 9.17) is 4.74 Å². The van der Waals surface area contributed by atoms with Gasteiger partial charge in [0.1, 0.15) is 6.61 Å². The molecule has 0 saturated carbocycles. The molecule has 2 fully saturated rings. The zero-order valence-electron chi connectivity index (χ0n) is 18.8. The molecule has 3 heterocycles. The predicted octanol–water partition coefficient (Wildman–Crippen LogP) is 3.99. The number of aromatic nitrogens is 3. The van der Waals surface area contributed by atoms with Gasteiger partial charge in [-0.2, -0.15) is 15.0 Å². The van der Waals surface area contributed by atoms with Crippen LogP contribution in [-0.2, 0) is 17.8 Å². The lowest BCUT2D eigenvalue weighted by atomic mass is 9.71. The molecule has 1 unspecified atom stereocenters. The minimum absolute atomic E-state index is 0.183. The Morgan fingerprint density at radius 3 is 2.55 bits per heavy atom. The van der Waals surface area contributed by atoms with Crippen molar-refractivity contribution in [3.05, 3.63) is 77.6 Å². The largest absolute Gasteiger partial charge is 0.445 e. The maximum Gasteiger partial charge on any atom is 0.410 e. The van der Waals surface area contributed by atoms with E-state index in [1.54, 1.807) is 17.2 Å². The number of carbonyl (C=O) groups is 1.